The molecule has 0 saturated carbocycles. The Morgan fingerprint density at radius 2 is 1.02 bits per heavy atom. The lowest BCUT2D eigenvalue weighted by molar-refractivity contribution is -0.149. The van der Waals surface area contributed by atoms with Gasteiger partial charge in [0.25, 0.3) is 0 Å². The molecule has 108 heavy (non-hydrogen) atoms. The molecule has 4 heterocycles. The van der Waals surface area contributed by atoms with Gasteiger partial charge in [0, 0.05) is 85.6 Å². The van der Waals surface area contributed by atoms with Crippen molar-refractivity contribution in [3.63, 3.8) is 0 Å². The first-order valence-corrected chi connectivity index (χ1v) is 36.9. The summed E-state index contributed by atoms with van der Waals surface area (Å²) in [5, 5.41) is 45.8. The summed E-state index contributed by atoms with van der Waals surface area (Å²) in [4.78, 5) is 210. The number of aromatic amines is 2. The fourth-order valence-corrected chi connectivity index (χ4v) is 14.0. The molecule has 0 radical (unpaired) electrons. The summed E-state index contributed by atoms with van der Waals surface area (Å²) in [6.45, 7) is 8.18. The number of thioether (sulfide) groups is 1. The molecule has 2 saturated heterocycles. The van der Waals surface area contributed by atoms with E-state index in [0.717, 1.165) is 16.7 Å². The Hall–Kier alpha value is -11.5. The lowest BCUT2D eigenvalue weighted by Crippen LogP contribution is -2.62. The number of aromatic nitrogens is 2. The molecule has 32 nitrogen and oxygen atoms in total. The van der Waals surface area contributed by atoms with Crippen molar-refractivity contribution >= 4 is 116 Å². The van der Waals surface area contributed by atoms with E-state index in [-0.39, 0.29) is 87.5 Å². The minimum Gasteiger partial charge on any atom is -0.508 e. The number of hydrogen-bond donors (Lipinski definition) is 16. The number of nitrogens with zero attached hydrogens (tertiary/aromatic N) is 2. The van der Waals surface area contributed by atoms with Crippen LogP contribution in [0.3, 0.4) is 0 Å². The minimum atomic E-state index is -1.81. The van der Waals surface area contributed by atoms with Gasteiger partial charge in [-0.15, -0.1) is 11.8 Å². The summed E-state index contributed by atoms with van der Waals surface area (Å²) >= 11 is 0.811. The lowest BCUT2D eigenvalue weighted by atomic mass is 9.96. The maximum atomic E-state index is 15.3. The molecular weight excluding hydrogens is 1410 g/mol. The number of phenols is 2. The number of aromatic hydroxyl groups is 2. The molecule has 12 atom stereocenters. The number of hydrogen-bond acceptors (Lipinski definition) is 17. The highest BCUT2D eigenvalue weighted by Gasteiger charge is 2.43. The molecule has 8 rings (SSSR count). The first-order chi connectivity index (χ1) is 51.4. The Morgan fingerprint density at radius 1 is 0.546 bits per heavy atom. The van der Waals surface area contributed by atoms with Crippen molar-refractivity contribution < 1.29 is 77.3 Å². The van der Waals surface area contributed by atoms with E-state index in [1.165, 1.54) is 67.4 Å². The second kappa shape index (κ2) is 38.2. The van der Waals surface area contributed by atoms with Crippen molar-refractivity contribution in [2.75, 3.05) is 25.1 Å². The summed E-state index contributed by atoms with van der Waals surface area (Å²) in [6.07, 6.45) is 1.20. The van der Waals surface area contributed by atoms with Gasteiger partial charge in [0.15, 0.2) is 0 Å². The Balaban J connectivity index is 1.18. The molecule has 0 spiro atoms. The number of para-hydroxylation sites is 2. The highest BCUT2D eigenvalue weighted by atomic mass is 32.2. The monoisotopic (exact) mass is 1510 g/mol. The van der Waals surface area contributed by atoms with Gasteiger partial charge >= 0.3 is 0 Å². The SMILES string of the molecule is CC[C@H](C)[C@@H]1NC(=O)[C@H](CC(C)C)NC(=O)[C@H](Cc2c[nH]c3ccccc23)NC(=O)[C@H](Cc2ccc(O)cc2)NC(=O)[C@@H]2CCCN2C(=O)[C@H](CCC(N)=O)N(C)C(=O)[C@H](C)NC(=O)[C@H](Cc2ccc(O)cc2)NC(=O)CSC[C@@H](C(N)=O)NC(=O)[C@H](Cc2c[nH]c3ccccc23)NC(=O)[C@H](CC(N)=O)NC1=O. The summed E-state index contributed by atoms with van der Waals surface area (Å²) in [5.41, 5.74) is 20.5. The van der Waals surface area contributed by atoms with Gasteiger partial charge in [-0.1, -0.05) is 94.8 Å². The highest BCUT2D eigenvalue weighted by Crippen LogP contribution is 2.26. The van der Waals surface area contributed by atoms with E-state index in [0.29, 0.717) is 44.1 Å². The van der Waals surface area contributed by atoms with Crippen LogP contribution in [0.15, 0.2) is 109 Å². The number of benzene rings is 4. The molecule has 2 aliphatic rings. The van der Waals surface area contributed by atoms with Gasteiger partial charge in [-0.3, -0.25) is 67.1 Å². The third kappa shape index (κ3) is 22.5. The normalized spacial score (nSPS) is 23.9. The van der Waals surface area contributed by atoms with Crippen LogP contribution in [-0.4, -0.2) is 204 Å². The summed E-state index contributed by atoms with van der Waals surface area (Å²) in [6, 6.07) is 9.00. The second-order valence-electron chi connectivity index (χ2n) is 27.8. The van der Waals surface area contributed by atoms with Gasteiger partial charge in [0.2, 0.25) is 82.7 Å². The van der Waals surface area contributed by atoms with Crippen LogP contribution in [0.2, 0.25) is 0 Å². The Kier molecular flexibility index (Phi) is 29.0. The number of H-pyrrole nitrogens is 2. The van der Waals surface area contributed by atoms with E-state index in [9.17, 15) is 63.0 Å². The van der Waals surface area contributed by atoms with Crippen LogP contribution in [-0.2, 0) is 92.8 Å². The maximum absolute atomic E-state index is 15.3. The molecule has 4 aromatic carbocycles. The summed E-state index contributed by atoms with van der Waals surface area (Å²) in [7, 11) is 1.26. The van der Waals surface area contributed by atoms with E-state index < -0.39 is 174 Å². The number of nitrogens with one attached hydrogen (secondary N) is 11. The van der Waals surface area contributed by atoms with Crippen molar-refractivity contribution in [3.8, 4) is 11.5 Å². The van der Waals surface area contributed by atoms with Crippen molar-refractivity contribution in [2.24, 2.45) is 29.0 Å². The van der Waals surface area contributed by atoms with Crippen LogP contribution in [0.4, 0.5) is 0 Å². The lowest BCUT2D eigenvalue weighted by Gasteiger charge is -2.35. The quantitative estimate of drug-likeness (QED) is 0.0538. The molecule has 578 valence electrons. The van der Waals surface area contributed by atoms with E-state index in [4.69, 9.17) is 17.2 Å². The van der Waals surface area contributed by atoms with Gasteiger partial charge < -0.3 is 95.0 Å². The molecule has 14 amide bonds. The third-order valence-electron chi connectivity index (χ3n) is 19.2. The summed E-state index contributed by atoms with van der Waals surface area (Å²) in [5.74, 6) is -14.9. The van der Waals surface area contributed by atoms with Crippen molar-refractivity contribution in [1.29, 1.82) is 0 Å². The molecule has 0 bridgehead atoms. The molecule has 0 unspecified atom stereocenters. The first kappa shape index (κ1) is 82.1. The number of fused-ring (bicyclic) bond motifs is 3. The van der Waals surface area contributed by atoms with Crippen LogP contribution in [0.1, 0.15) is 102 Å². The fraction of sp³-hybridized carbons (Fsp3) is 0.440. The zero-order valence-corrected chi connectivity index (χ0v) is 61.8. The molecular formula is C75H96N16O16S. The average Bonchev–Trinajstić information content (AvgIpc) is 1.64. The number of primary amides is 3. The number of amides is 14. The minimum absolute atomic E-state index is 0.0391. The van der Waals surface area contributed by atoms with Crippen LogP contribution in [0.5, 0.6) is 11.5 Å². The van der Waals surface area contributed by atoms with Gasteiger partial charge in [0.05, 0.1) is 12.2 Å². The van der Waals surface area contributed by atoms with Crippen LogP contribution >= 0.6 is 11.8 Å². The van der Waals surface area contributed by atoms with E-state index in [2.05, 4.69) is 57.8 Å². The molecule has 0 aliphatic carbocycles. The van der Waals surface area contributed by atoms with Crippen LogP contribution in [0, 0.1) is 11.8 Å². The smallest absolute Gasteiger partial charge is 0.246 e. The van der Waals surface area contributed by atoms with Crippen molar-refractivity contribution in [3.05, 3.63) is 132 Å². The Morgan fingerprint density at radius 3 is 1.54 bits per heavy atom. The Bertz CT molecular complexity index is 4280. The fourth-order valence-electron chi connectivity index (χ4n) is 13.1. The van der Waals surface area contributed by atoms with E-state index in [1.807, 2.05) is 0 Å². The van der Waals surface area contributed by atoms with Crippen molar-refractivity contribution in [1.82, 2.24) is 67.6 Å². The molecule has 2 aromatic heterocycles. The predicted molar refractivity (Wildman–Crippen MR) is 400 cm³/mol. The van der Waals surface area contributed by atoms with E-state index in [1.54, 1.807) is 88.6 Å². The van der Waals surface area contributed by atoms with E-state index >= 15 is 14.4 Å². The highest BCUT2D eigenvalue weighted by molar-refractivity contribution is 8.00. The zero-order valence-electron chi connectivity index (χ0n) is 60.9. The van der Waals surface area contributed by atoms with Gasteiger partial charge in [-0.25, -0.2) is 0 Å². The number of carbonyl (C=O) groups excluding carboxylic acids is 14. The molecule has 2 aliphatic heterocycles. The van der Waals surface area contributed by atoms with Gasteiger partial charge in [-0.2, -0.15) is 0 Å². The Labute approximate surface area is 627 Å². The largest absolute Gasteiger partial charge is 0.508 e. The average molecular weight is 1510 g/mol. The topological polar surface area (TPSA) is 504 Å². The maximum Gasteiger partial charge on any atom is 0.246 e. The summed E-state index contributed by atoms with van der Waals surface area (Å²) < 4.78 is 0. The first-order valence-electron chi connectivity index (χ1n) is 35.8. The molecule has 6 aromatic rings. The number of phenolic OH excluding ortho intramolecular Hbond substituents is 2. The predicted octanol–water partition coefficient (Wildman–Crippen LogP) is -0.00270. The van der Waals surface area contributed by atoms with Gasteiger partial charge in [0.1, 0.15) is 78.0 Å². The number of nitrogens with two attached hydrogens (primary N) is 3. The molecule has 19 N–H and O–H groups in total. The third-order valence-corrected chi connectivity index (χ3v) is 20.2. The number of carbonyl (C=O) groups is 14. The zero-order chi connectivity index (χ0) is 78.6. The molecule has 2 fully saturated rings. The molecule has 33 heteroatoms. The van der Waals surface area contributed by atoms with Crippen LogP contribution < -0.4 is 65.1 Å². The second-order valence-corrected chi connectivity index (χ2v) is 28.9. The number of likely N-dealkylation sites (N-methyl/N-ethyl adjacent to an activating group) is 1. The number of rotatable bonds is 18. The standard InChI is InChI=1S/C75H96N16O16S/c1-7-40(4)64-73(105)87-57(34-62(77)95)70(102)85-56(33-45-36-80-51-16-11-9-14-49(45)51)69(101)88-58(65(78)97)37-108-38-63(96)82-53(30-42-18-22-46(92)23-19-42)66(98)81-41(5)74(106)90(6)60(26-27-61(76)94)75(107)91-28-12-17-59(91)72(104)86-54(31-43-20-24-47(93)25-21-43)67(99)84-55(32-44-35-79-50-15-10-8-13-48(44)50)68(100)83-52(29-39(2)3)71(103)89-64/h8-11,13-16,18-25,35-36,39-41,52-60,64,79-80,92-93H,7,12,17,26-34,37-38H2,1-6H3,(H2,76,94)(H2,77,95)(H2,78,97)(H,81,98)(H,82,96)(H,83,100)(H,84,99)(H,85,102)(H,86,104)(H,87,105)(H,88,101)(H,89,103)/t40-,41-,52-,53-,54-,55-,56-,57-,58-,59-,60-,64-/m0/s1. The van der Waals surface area contributed by atoms with Crippen LogP contribution in [0.25, 0.3) is 21.8 Å². The van der Waals surface area contributed by atoms with Gasteiger partial charge in [-0.05, 0) is 103 Å². The van der Waals surface area contributed by atoms with Crippen molar-refractivity contribution in [2.45, 2.75) is 172 Å².